The number of aromatic nitrogens is 2. The maximum Gasteiger partial charge on any atom is 0.410 e. The number of hydrogen-bond donors (Lipinski definition) is 0. The van der Waals surface area contributed by atoms with Gasteiger partial charge >= 0.3 is 6.09 Å². The Labute approximate surface area is 155 Å². The minimum atomic E-state index is -0.506. The normalized spacial score (nSPS) is 28.3. The van der Waals surface area contributed by atoms with Gasteiger partial charge in [0, 0.05) is 32.1 Å². The summed E-state index contributed by atoms with van der Waals surface area (Å²) in [4.78, 5) is 18.7. The molecule has 0 radical (unpaired) electrons. The summed E-state index contributed by atoms with van der Waals surface area (Å²) in [5.41, 5.74) is -0.249. The SMILES string of the molecule is C/N=C(/OC12CN(C(=O)OC(C)(C)C)C(C)(C1)C2)c1ccnn1C(C)C. The molecule has 0 aromatic carbocycles. The van der Waals surface area contributed by atoms with Gasteiger partial charge in [-0.2, -0.15) is 5.10 Å². The predicted molar refractivity (Wildman–Crippen MR) is 99.5 cm³/mol. The van der Waals surface area contributed by atoms with E-state index in [9.17, 15) is 4.79 Å². The summed E-state index contributed by atoms with van der Waals surface area (Å²) >= 11 is 0. The fraction of sp³-hybridized carbons (Fsp3) is 0.737. The number of aliphatic imine (C=N–C) groups is 1. The van der Waals surface area contributed by atoms with Crippen LogP contribution in [0.25, 0.3) is 0 Å². The summed E-state index contributed by atoms with van der Waals surface area (Å²) in [5, 5.41) is 4.36. The van der Waals surface area contributed by atoms with Crippen LogP contribution >= 0.6 is 0 Å². The van der Waals surface area contributed by atoms with Crippen molar-refractivity contribution >= 4 is 12.0 Å². The van der Waals surface area contributed by atoms with Crippen molar-refractivity contribution in [1.29, 1.82) is 0 Å². The van der Waals surface area contributed by atoms with Gasteiger partial charge in [0.05, 0.1) is 12.1 Å². The molecule has 1 saturated carbocycles. The number of nitrogens with zero attached hydrogens (tertiary/aromatic N) is 4. The Hall–Kier alpha value is -2.05. The van der Waals surface area contributed by atoms with Crippen LogP contribution in [-0.2, 0) is 9.47 Å². The summed E-state index contributed by atoms with van der Waals surface area (Å²) in [6.07, 6.45) is 3.06. The molecule has 4 rings (SSSR count). The first-order valence-electron chi connectivity index (χ1n) is 9.19. The molecule has 144 valence electrons. The molecule has 1 aliphatic carbocycles. The molecular formula is C19H30N4O3. The van der Waals surface area contributed by atoms with E-state index in [4.69, 9.17) is 9.47 Å². The molecule has 0 unspecified atom stereocenters. The molecule has 0 N–H and O–H groups in total. The predicted octanol–water partition coefficient (Wildman–Crippen LogP) is 3.40. The number of fused-ring (bicyclic) bond motifs is 1. The van der Waals surface area contributed by atoms with E-state index in [2.05, 4.69) is 30.9 Å². The van der Waals surface area contributed by atoms with E-state index in [1.807, 2.05) is 36.4 Å². The molecule has 0 spiro atoms. The molecule has 2 saturated heterocycles. The van der Waals surface area contributed by atoms with E-state index in [0.717, 1.165) is 18.5 Å². The fourth-order valence-electron chi connectivity index (χ4n) is 4.14. The van der Waals surface area contributed by atoms with Crippen LogP contribution in [0.1, 0.15) is 66.1 Å². The van der Waals surface area contributed by atoms with Gasteiger partial charge in [0.2, 0.25) is 5.90 Å². The number of carbonyl (C=O) groups excluding carboxylic acids is 1. The molecule has 3 fully saturated rings. The summed E-state index contributed by atoms with van der Waals surface area (Å²) in [6.45, 7) is 12.4. The highest BCUT2D eigenvalue weighted by Crippen LogP contribution is 2.55. The van der Waals surface area contributed by atoms with Crippen molar-refractivity contribution < 1.29 is 14.3 Å². The van der Waals surface area contributed by atoms with Gasteiger partial charge in [0.1, 0.15) is 16.9 Å². The van der Waals surface area contributed by atoms with E-state index >= 15 is 0 Å². The van der Waals surface area contributed by atoms with Gasteiger partial charge in [0.25, 0.3) is 0 Å². The highest BCUT2D eigenvalue weighted by Gasteiger charge is 2.67. The largest absolute Gasteiger partial charge is 0.468 e. The van der Waals surface area contributed by atoms with Crippen molar-refractivity contribution in [2.24, 2.45) is 4.99 Å². The molecule has 2 aliphatic heterocycles. The van der Waals surface area contributed by atoms with Crippen LogP contribution in [0.2, 0.25) is 0 Å². The average Bonchev–Trinajstić information content (AvgIpc) is 3.12. The summed E-state index contributed by atoms with van der Waals surface area (Å²) in [6, 6.07) is 2.13. The van der Waals surface area contributed by atoms with Crippen LogP contribution in [0.3, 0.4) is 0 Å². The Morgan fingerprint density at radius 3 is 2.54 bits per heavy atom. The quantitative estimate of drug-likeness (QED) is 0.610. The molecule has 1 aromatic rings. The first-order chi connectivity index (χ1) is 12.0. The summed E-state index contributed by atoms with van der Waals surface area (Å²) < 4.78 is 13.8. The molecular weight excluding hydrogens is 332 g/mol. The zero-order valence-electron chi connectivity index (χ0n) is 16.9. The Morgan fingerprint density at radius 1 is 1.35 bits per heavy atom. The summed E-state index contributed by atoms with van der Waals surface area (Å²) in [7, 11) is 1.72. The van der Waals surface area contributed by atoms with E-state index in [-0.39, 0.29) is 17.7 Å². The standard InChI is InChI=1S/C19H30N4O3/c1-13(2)23-14(8-9-21-23)15(20-7)25-19-10-18(6,11-19)22(12-19)16(24)26-17(3,4)5/h8-9,13H,10-12H2,1-7H3/b20-15+. The third kappa shape index (κ3) is 3.19. The summed E-state index contributed by atoms with van der Waals surface area (Å²) in [5.74, 6) is 0.573. The lowest BCUT2D eigenvalue weighted by Gasteiger charge is -2.44. The van der Waals surface area contributed by atoms with Crippen molar-refractivity contribution in [2.75, 3.05) is 13.6 Å². The second-order valence-electron chi connectivity index (χ2n) is 8.99. The number of carbonyl (C=O) groups is 1. The van der Waals surface area contributed by atoms with Crippen LogP contribution in [-0.4, -0.2) is 57.0 Å². The van der Waals surface area contributed by atoms with Crippen molar-refractivity contribution in [3.63, 3.8) is 0 Å². The number of rotatable bonds is 3. The van der Waals surface area contributed by atoms with E-state index in [0.29, 0.717) is 12.4 Å². The molecule has 7 nitrogen and oxygen atoms in total. The third-order valence-electron chi connectivity index (χ3n) is 5.01. The van der Waals surface area contributed by atoms with Crippen LogP contribution < -0.4 is 0 Å². The lowest BCUT2D eigenvalue weighted by atomic mass is 9.71. The Morgan fingerprint density at radius 2 is 2.00 bits per heavy atom. The molecule has 1 aromatic heterocycles. The first-order valence-corrected chi connectivity index (χ1v) is 9.19. The fourth-order valence-corrected chi connectivity index (χ4v) is 4.14. The maximum atomic E-state index is 12.6. The van der Waals surface area contributed by atoms with Crippen molar-refractivity contribution in [2.45, 2.75) is 77.2 Å². The van der Waals surface area contributed by atoms with Gasteiger partial charge < -0.3 is 9.47 Å². The smallest absolute Gasteiger partial charge is 0.410 e. The lowest BCUT2D eigenvalue weighted by molar-refractivity contribution is -0.0223. The van der Waals surface area contributed by atoms with Gasteiger partial charge in [-0.05, 0) is 47.6 Å². The Balaban J connectivity index is 1.76. The van der Waals surface area contributed by atoms with Crippen LogP contribution in [0.5, 0.6) is 0 Å². The van der Waals surface area contributed by atoms with Crippen molar-refractivity contribution in [3.8, 4) is 0 Å². The second kappa shape index (κ2) is 5.99. The van der Waals surface area contributed by atoms with Gasteiger partial charge in [0.15, 0.2) is 0 Å². The first kappa shape index (κ1) is 18.7. The molecule has 7 heteroatoms. The van der Waals surface area contributed by atoms with Crippen molar-refractivity contribution in [3.05, 3.63) is 18.0 Å². The molecule has 0 atom stereocenters. The van der Waals surface area contributed by atoms with Gasteiger partial charge in [-0.3, -0.25) is 14.6 Å². The zero-order valence-corrected chi connectivity index (χ0v) is 16.9. The third-order valence-corrected chi connectivity index (χ3v) is 5.01. The maximum absolute atomic E-state index is 12.6. The van der Waals surface area contributed by atoms with Crippen molar-refractivity contribution in [1.82, 2.24) is 14.7 Å². The number of hydrogen-bond acceptors (Lipinski definition) is 5. The minimum Gasteiger partial charge on any atom is -0.468 e. The zero-order chi connectivity index (χ0) is 19.3. The van der Waals surface area contributed by atoms with Crippen LogP contribution in [0, 0.1) is 0 Å². The van der Waals surface area contributed by atoms with Gasteiger partial charge in [-0.1, -0.05) is 0 Å². The van der Waals surface area contributed by atoms with E-state index < -0.39 is 11.2 Å². The highest BCUT2D eigenvalue weighted by atomic mass is 16.6. The number of ether oxygens (including phenoxy) is 2. The topological polar surface area (TPSA) is 68.9 Å². The van der Waals surface area contributed by atoms with E-state index in [1.54, 1.807) is 13.2 Å². The van der Waals surface area contributed by atoms with E-state index in [1.165, 1.54) is 0 Å². The van der Waals surface area contributed by atoms with Gasteiger partial charge in [-0.15, -0.1) is 0 Å². The molecule has 3 aliphatic rings. The molecule has 1 amide bonds. The number of amides is 1. The Bertz CT molecular complexity index is 723. The molecule has 3 heterocycles. The minimum absolute atomic E-state index is 0.209. The Kier molecular flexibility index (Phi) is 4.32. The average molecular weight is 362 g/mol. The second-order valence-corrected chi connectivity index (χ2v) is 8.99. The van der Waals surface area contributed by atoms with Crippen LogP contribution in [0.15, 0.2) is 17.3 Å². The molecule has 26 heavy (non-hydrogen) atoms. The monoisotopic (exact) mass is 362 g/mol. The highest BCUT2D eigenvalue weighted by molar-refractivity contribution is 5.93. The van der Waals surface area contributed by atoms with Gasteiger partial charge in [-0.25, -0.2) is 4.79 Å². The lowest BCUT2D eigenvalue weighted by Crippen LogP contribution is -2.53. The van der Waals surface area contributed by atoms with Crippen LogP contribution in [0.4, 0.5) is 4.79 Å². The molecule has 2 bridgehead atoms.